The van der Waals surface area contributed by atoms with Crippen LogP contribution in [0, 0.1) is 0 Å². The molecule has 0 amide bonds. The Morgan fingerprint density at radius 2 is 0.833 bits per heavy atom. The maximum Gasteiger partial charge on any atom is 0.111 e. The number of aliphatic hydroxyl groups is 1. The Labute approximate surface area is 146 Å². The molecule has 3 rings (SSSR count). The molecule has 0 saturated heterocycles. The molecule has 0 aliphatic carbocycles. The topological polar surface area (TPSA) is 20.2 Å². The van der Waals surface area contributed by atoms with Crippen LogP contribution in [0.25, 0.3) is 0 Å². The van der Waals surface area contributed by atoms with Gasteiger partial charge in [-0.15, -0.1) is 0 Å². The number of hydrogen-bond donors (Lipinski definition) is 1. The van der Waals surface area contributed by atoms with Crippen LogP contribution in [0.15, 0.2) is 91.0 Å². The highest BCUT2D eigenvalue weighted by molar-refractivity contribution is 7.95. The van der Waals surface area contributed by atoms with Crippen LogP contribution in [0.2, 0.25) is 0 Å². The molecule has 0 spiro atoms. The van der Waals surface area contributed by atoms with E-state index in [-0.39, 0.29) is 6.61 Å². The van der Waals surface area contributed by atoms with Crippen molar-refractivity contribution in [2.75, 3.05) is 12.8 Å². The molecule has 1 nitrogen and oxygen atoms in total. The van der Waals surface area contributed by atoms with Gasteiger partial charge in [0.25, 0.3) is 0 Å². The Bertz CT molecular complexity index is 599. The third kappa shape index (κ3) is 3.93. The molecule has 0 aliphatic rings. The molecule has 2 heteroatoms. The number of aliphatic hydroxyl groups excluding tert-OH is 1. The molecule has 3 aromatic rings. The van der Waals surface area contributed by atoms with Gasteiger partial charge < -0.3 is 5.11 Å². The fourth-order valence-corrected chi connectivity index (χ4v) is 7.08. The van der Waals surface area contributed by atoms with Gasteiger partial charge in [-0.3, -0.25) is 0 Å². The second-order valence-corrected chi connectivity index (χ2v) is 9.25. The van der Waals surface area contributed by atoms with Gasteiger partial charge >= 0.3 is 0 Å². The summed E-state index contributed by atoms with van der Waals surface area (Å²) < 4.78 is 0. The molecular weight excluding hydrogens is 311 g/mol. The quantitative estimate of drug-likeness (QED) is 0.714. The first-order chi connectivity index (χ1) is 11.8. The number of rotatable bonds is 4. The first-order valence-electron chi connectivity index (χ1n) is 8.45. The molecule has 0 fully saturated rings. The minimum atomic E-state index is -1.53. The summed E-state index contributed by atoms with van der Waals surface area (Å²) in [6, 6.07) is 33.0. The number of hydrogen-bond acceptors (Lipinski definition) is 1. The van der Waals surface area contributed by atoms with E-state index in [0.29, 0.717) is 0 Å². The van der Waals surface area contributed by atoms with E-state index >= 15 is 0 Å². The van der Waals surface area contributed by atoms with Gasteiger partial charge in [0.2, 0.25) is 0 Å². The highest BCUT2D eigenvalue weighted by Crippen LogP contribution is 2.54. The fraction of sp³-hybridized carbons (Fsp3) is 0.182. The average molecular weight is 337 g/mol. The van der Waals surface area contributed by atoms with E-state index in [1.807, 2.05) is 0 Å². The monoisotopic (exact) mass is 337 g/mol. The maximum atomic E-state index is 7.57. The molecule has 0 heterocycles. The van der Waals surface area contributed by atoms with Gasteiger partial charge in [-0.2, -0.15) is 0 Å². The zero-order chi connectivity index (χ0) is 17.3. The van der Waals surface area contributed by atoms with E-state index in [9.17, 15) is 0 Å². The Morgan fingerprint density at radius 1 is 0.583 bits per heavy atom. The summed E-state index contributed by atoms with van der Waals surface area (Å²) in [7, 11) is -1.53. The smallest absolute Gasteiger partial charge is 0.111 e. The second kappa shape index (κ2) is 9.37. The molecule has 124 valence electrons. The molecule has 0 aliphatic heterocycles. The third-order valence-electron chi connectivity index (χ3n) is 4.07. The molecule has 0 radical (unpaired) electrons. The van der Waals surface area contributed by atoms with Crippen molar-refractivity contribution in [3.8, 4) is 0 Å². The van der Waals surface area contributed by atoms with E-state index in [0.717, 1.165) is 6.16 Å². The van der Waals surface area contributed by atoms with Crippen LogP contribution in [0.3, 0.4) is 0 Å². The van der Waals surface area contributed by atoms with Gasteiger partial charge in [-0.05, 0) is 50.2 Å². The van der Waals surface area contributed by atoms with E-state index < -0.39 is 7.26 Å². The summed E-state index contributed by atoms with van der Waals surface area (Å²) in [5.41, 5.74) is 0. The minimum Gasteiger partial charge on any atom is -0.397 e. The van der Waals surface area contributed by atoms with Crippen LogP contribution in [0.4, 0.5) is 0 Å². The molecular formula is C22H26OP+. The fourth-order valence-electron chi connectivity index (χ4n) is 3.04. The largest absolute Gasteiger partial charge is 0.397 e. The normalized spacial score (nSPS) is 10.6. The van der Waals surface area contributed by atoms with Gasteiger partial charge in [0.15, 0.2) is 0 Å². The van der Waals surface area contributed by atoms with Crippen molar-refractivity contribution in [2.24, 2.45) is 0 Å². The lowest BCUT2D eigenvalue weighted by atomic mass is 10.4. The standard InChI is InChI=1S/C20H20P.C2H6O/c1-2-21(18-12-6-3-7-13-18,19-14-8-4-9-15-19)20-16-10-5-11-17-20;1-2-3/h3-17H,2H2,1H3;3H,2H2,1H3/q+1;. The molecule has 0 bridgehead atoms. The molecule has 24 heavy (non-hydrogen) atoms. The van der Waals surface area contributed by atoms with E-state index in [2.05, 4.69) is 97.9 Å². The van der Waals surface area contributed by atoms with Gasteiger partial charge in [0.1, 0.15) is 23.2 Å². The van der Waals surface area contributed by atoms with Gasteiger partial charge in [-0.25, -0.2) is 0 Å². The lowest BCUT2D eigenvalue weighted by Crippen LogP contribution is -2.32. The third-order valence-corrected chi connectivity index (χ3v) is 8.55. The Balaban J connectivity index is 0.000000647. The van der Waals surface area contributed by atoms with Crippen LogP contribution >= 0.6 is 7.26 Å². The van der Waals surface area contributed by atoms with Crippen molar-refractivity contribution < 1.29 is 5.11 Å². The Morgan fingerprint density at radius 3 is 1.04 bits per heavy atom. The Hall–Kier alpha value is -1.95. The Kier molecular flexibility index (Phi) is 7.18. The van der Waals surface area contributed by atoms with Crippen LogP contribution in [-0.4, -0.2) is 17.9 Å². The highest BCUT2D eigenvalue weighted by Gasteiger charge is 2.43. The SMILES string of the molecule is CCO.CC[P+](c1ccccc1)(c1ccccc1)c1ccccc1. The van der Waals surface area contributed by atoms with E-state index in [1.165, 1.54) is 15.9 Å². The van der Waals surface area contributed by atoms with Gasteiger partial charge in [0.05, 0.1) is 6.16 Å². The second-order valence-electron chi connectivity index (χ2n) is 5.45. The molecule has 0 unspecified atom stereocenters. The first-order valence-corrected chi connectivity index (χ1v) is 10.4. The van der Waals surface area contributed by atoms with Crippen LogP contribution in [-0.2, 0) is 0 Å². The van der Waals surface area contributed by atoms with Crippen molar-refractivity contribution >= 4 is 23.2 Å². The number of benzene rings is 3. The van der Waals surface area contributed by atoms with Crippen LogP contribution < -0.4 is 15.9 Å². The van der Waals surface area contributed by atoms with Crippen molar-refractivity contribution in [3.05, 3.63) is 91.0 Å². The highest BCUT2D eigenvalue weighted by atomic mass is 31.2. The van der Waals surface area contributed by atoms with Gasteiger partial charge in [0, 0.05) is 6.61 Å². The molecule has 1 N–H and O–H groups in total. The van der Waals surface area contributed by atoms with E-state index in [1.54, 1.807) is 6.92 Å². The predicted octanol–water partition coefficient (Wildman–Crippen LogP) is 4.00. The molecule has 0 atom stereocenters. The summed E-state index contributed by atoms with van der Waals surface area (Å²) in [6.07, 6.45) is 1.14. The average Bonchev–Trinajstić information content (AvgIpc) is 2.66. The summed E-state index contributed by atoms with van der Waals surface area (Å²) in [6.45, 7) is 4.25. The zero-order valence-electron chi connectivity index (χ0n) is 14.5. The molecule has 0 saturated carbocycles. The summed E-state index contributed by atoms with van der Waals surface area (Å²) in [5.74, 6) is 0. The molecule has 0 aromatic heterocycles. The summed E-state index contributed by atoms with van der Waals surface area (Å²) in [5, 5.41) is 12.0. The van der Waals surface area contributed by atoms with Crippen molar-refractivity contribution in [1.29, 1.82) is 0 Å². The first kappa shape index (κ1) is 18.4. The van der Waals surface area contributed by atoms with Gasteiger partial charge in [-0.1, -0.05) is 54.6 Å². The van der Waals surface area contributed by atoms with E-state index in [4.69, 9.17) is 5.11 Å². The maximum absolute atomic E-state index is 7.57. The van der Waals surface area contributed by atoms with Crippen LogP contribution in [0.1, 0.15) is 13.8 Å². The molecule has 3 aromatic carbocycles. The zero-order valence-corrected chi connectivity index (χ0v) is 15.4. The lowest BCUT2D eigenvalue weighted by molar-refractivity contribution is 0.318. The summed E-state index contributed by atoms with van der Waals surface area (Å²) in [4.78, 5) is 0. The van der Waals surface area contributed by atoms with Crippen molar-refractivity contribution in [2.45, 2.75) is 13.8 Å². The van der Waals surface area contributed by atoms with Crippen molar-refractivity contribution in [1.82, 2.24) is 0 Å². The lowest BCUT2D eigenvalue weighted by Gasteiger charge is -2.26. The predicted molar refractivity (Wildman–Crippen MR) is 108 cm³/mol. The van der Waals surface area contributed by atoms with Crippen molar-refractivity contribution in [3.63, 3.8) is 0 Å². The summed E-state index contributed by atoms with van der Waals surface area (Å²) >= 11 is 0. The minimum absolute atomic E-state index is 0.250. The van der Waals surface area contributed by atoms with Crippen LogP contribution in [0.5, 0.6) is 0 Å².